The zero-order valence-corrected chi connectivity index (χ0v) is 19.1. The molecule has 0 aliphatic carbocycles. The Morgan fingerprint density at radius 2 is 1.94 bits per heavy atom. The summed E-state index contributed by atoms with van der Waals surface area (Å²) in [5.41, 5.74) is 2.36. The van der Waals surface area contributed by atoms with Crippen molar-refractivity contribution < 1.29 is 14.3 Å². The number of benzene rings is 2. The van der Waals surface area contributed by atoms with E-state index in [-0.39, 0.29) is 17.8 Å². The second kappa shape index (κ2) is 9.76. The third-order valence-electron chi connectivity index (χ3n) is 5.46. The first-order chi connectivity index (χ1) is 15.5. The van der Waals surface area contributed by atoms with E-state index in [0.29, 0.717) is 53.2 Å². The number of carbonyl (C=O) groups excluding carboxylic acids is 2. The fraction of sp³-hybridized carbons (Fsp3) is 0.292. The number of ether oxygens (including phenoxy) is 1. The number of nitrogens with zero attached hydrogens (tertiary/aromatic N) is 3. The van der Waals surface area contributed by atoms with Gasteiger partial charge in [-0.25, -0.2) is 4.68 Å². The highest BCUT2D eigenvalue weighted by Crippen LogP contribution is 2.30. The van der Waals surface area contributed by atoms with Crippen LogP contribution in [0.1, 0.15) is 30.3 Å². The molecular weight excluding hydrogens is 449 g/mol. The van der Waals surface area contributed by atoms with Crippen LogP contribution in [0, 0.1) is 5.92 Å². The summed E-state index contributed by atoms with van der Waals surface area (Å²) in [5.74, 6) is -0.784. The van der Waals surface area contributed by atoms with Gasteiger partial charge in [0.1, 0.15) is 5.69 Å². The standard InChI is InChI=1S/C24H23Cl2N3O3/c1-2-32-24(31)16-7-6-12-28(15-16)23(30)22-14-21(19-10-3-4-11-20(19)26)27-29(22)18-9-5-8-17(25)13-18/h3-5,8-11,13-14,16H,2,6-7,12,15H2,1H3/t16-/m0/s1. The normalized spacial score (nSPS) is 16.1. The number of hydrogen-bond acceptors (Lipinski definition) is 4. The van der Waals surface area contributed by atoms with Crippen LogP contribution in [0.25, 0.3) is 16.9 Å². The maximum absolute atomic E-state index is 13.6. The summed E-state index contributed by atoms with van der Waals surface area (Å²) in [7, 11) is 0. The molecule has 166 valence electrons. The number of aromatic nitrogens is 2. The predicted molar refractivity (Wildman–Crippen MR) is 124 cm³/mol. The molecule has 0 spiro atoms. The number of likely N-dealkylation sites (tertiary alicyclic amines) is 1. The largest absolute Gasteiger partial charge is 0.466 e. The van der Waals surface area contributed by atoms with Gasteiger partial charge in [-0.2, -0.15) is 5.10 Å². The Labute approximate surface area is 196 Å². The van der Waals surface area contributed by atoms with Crippen LogP contribution < -0.4 is 0 Å². The molecule has 1 aromatic heterocycles. The van der Waals surface area contributed by atoms with Crippen molar-refractivity contribution >= 4 is 35.1 Å². The molecule has 6 nitrogen and oxygen atoms in total. The van der Waals surface area contributed by atoms with Crippen molar-refractivity contribution in [2.45, 2.75) is 19.8 Å². The van der Waals surface area contributed by atoms with E-state index in [9.17, 15) is 9.59 Å². The average molecular weight is 472 g/mol. The van der Waals surface area contributed by atoms with Gasteiger partial charge in [0.15, 0.2) is 0 Å². The highest BCUT2D eigenvalue weighted by molar-refractivity contribution is 6.33. The molecule has 1 amide bonds. The van der Waals surface area contributed by atoms with E-state index in [1.54, 1.807) is 46.8 Å². The van der Waals surface area contributed by atoms with Gasteiger partial charge in [0.25, 0.3) is 5.91 Å². The molecule has 0 unspecified atom stereocenters. The summed E-state index contributed by atoms with van der Waals surface area (Å²) in [6, 6.07) is 16.2. The number of piperidine rings is 1. The number of carbonyl (C=O) groups is 2. The monoisotopic (exact) mass is 471 g/mol. The van der Waals surface area contributed by atoms with E-state index in [0.717, 1.165) is 12.0 Å². The van der Waals surface area contributed by atoms with E-state index in [2.05, 4.69) is 5.10 Å². The molecule has 8 heteroatoms. The average Bonchev–Trinajstić information content (AvgIpc) is 3.24. The van der Waals surface area contributed by atoms with Gasteiger partial charge in [0.05, 0.1) is 28.9 Å². The van der Waals surface area contributed by atoms with Crippen LogP contribution in [0.5, 0.6) is 0 Å². The molecule has 1 aliphatic rings. The second-order valence-corrected chi connectivity index (χ2v) is 8.47. The Kier molecular flexibility index (Phi) is 6.82. The van der Waals surface area contributed by atoms with Crippen LogP contribution in [0.15, 0.2) is 54.6 Å². The molecule has 0 N–H and O–H groups in total. The zero-order chi connectivity index (χ0) is 22.7. The van der Waals surface area contributed by atoms with Crippen molar-refractivity contribution in [3.63, 3.8) is 0 Å². The molecule has 1 saturated heterocycles. The van der Waals surface area contributed by atoms with Crippen molar-refractivity contribution in [1.29, 1.82) is 0 Å². The van der Waals surface area contributed by atoms with Gasteiger partial charge >= 0.3 is 5.97 Å². The van der Waals surface area contributed by atoms with Gasteiger partial charge in [0.2, 0.25) is 0 Å². The van der Waals surface area contributed by atoms with Crippen molar-refractivity contribution in [3.8, 4) is 16.9 Å². The van der Waals surface area contributed by atoms with Gasteiger partial charge in [-0.3, -0.25) is 9.59 Å². The van der Waals surface area contributed by atoms with Gasteiger partial charge in [0, 0.05) is 23.7 Å². The highest BCUT2D eigenvalue weighted by Gasteiger charge is 2.31. The molecule has 4 rings (SSSR count). The number of esters is 1. The SMILES string of the molecule is CCOC(=O)[C@H]1CCCN(C(=O)c2cc(-c3ccccc3Cl)nn2-c2cccc(Cl)c2)C1. The van der Waals surface area contributed by atoms with Crippen molar-refractivity contribution in [2.24, 2.45) is 5.92 Å². The zero-order valence-electron chi connectivity index (χ0n) is 17.6. The third-order valence-corrected chi connectivity index (χ3v) is 6.02. The summed E-state index contributed by atoms with van der Waals surface area (Å²) in [4.78, 5) is 27.5. The van der Waals surface area contributed by atoms with Gasteiger partial charge in [-0.15, -0.1) is 0 Å². The lowest BCUT2D eigenvalue weighted by Gasteiger charge is -2.31. The maximum atomic E-state index is 13.6. The first kappa shape index (κ1) is 22.4. The van der Waals surface area contributed by atoms with Crippen LogP contribution in [0.2, 0.25) is 10.0 Å². The smallest absolute Gasteiger partial charge is 0.310 e. The summed E-state index contributed by atoms with van der Waals surface area (Å²) >= 11 is 12.6. The number of amides is 1. The molecule has 1 atom stereocenters. The molecular formula is C24H23Cl2N3O3. The Balaban J connectivity index is 1.72. The molecule has 3 aromatic rings. The quantitative estimate of drug-likeness (QED) is 0.475. The van der Waals surface area contributed by atoms with E-state index < -0.39 is 0 Å². The van der Waals surface area contributed by atoms with Gasteiger partial charge in [-0.1, -0.05) is 47.5 Å². The Morgan fingerprint density at radius 1 is 1.12 bits per heavy atom. The Hall–Kier alpha value is -2.83. The second-order valence-electron chi connectivity index (χ2n) is 7.63. The molecule has 2 heterocycles. The fourth-order valence-corrected chi connectivity index (χ4v) is 4.33. The minimum atomic E-state index is -0.321. The minimum Gasteiger partial charge on any atom is -0.466 e. The first-order valence-corrected chi connectivity index (χ1v) is 11.3. The lowest BCUT2D eigenvalue weighted by molar-refractivity contribution is -0.149. The fourth-order valence-electron chi connectivity index (χ4n) is 3.91. The highest BCUT2D eigenvalue weighted by atomic mass is 35.5. The van der Waals surface area contributed by atoms with Crippen LogP contribution in [0.4, 0.5) is 0 Å². The minimum absolute atomic E-state index is 0.204. The van der Waals surface area contributed by atoms with Gasteiger partial charge in [-0.05, 0) is 50.1 Å². The van der Waals surface area contributed by atoms with Crippen LogP contribution in [-0.4, -0.2) is 46.3 Å². The van der Waals surface area contributed by atoms with E-state index in [1.165, 1.54) is 0 Å². The van der Waals surface area contributed by atoms with E-state index >= 15 is 0 Å². The molecule has 1 aliphatic heterocycles. The van der Waals surface area contributed by atoms with Crippen molar-refractivity contribution in [3.05, 3.63) is 70.3 Å². The summed E-state index contributed by atoms with van der Waals surface area (Å²) in [5, 5.41) is 5.77. The summed E-state index contributed by atoms with van der Waals surface area (Å²) < 4.78 is 6.76. The number of hydrogen-bond donors (Lipinski definition) is 0. The molecule has 0 bridgehead atoms. The topological polar surface area (TPSA) is 64.4 Å². The van der Waals surface area contributed by atoms with Crippen LogP contribution >= 0.6 is 23.2 Å². The van der Waals surface area contributed by atoms with Crippen molar-refractivity contribution in [2.75, 3.05) is 19.7 Å². The predicted octanol–water partition coefficient (Wildman–Crippen LogP) is 5.26. The van der Waals surface area contributed by atoms with Crippen LogP contribution in [-0.2, 0) is 9.53 Å². The number of halogens is 2. The summed E-state index contributed by atoms with van der Waals surface area (Å²) in [6.07, 6.45) is 1.44. The first-order valence-electron chi connectivity index (χ1n) is 10.5. The third kappa shape index (κ3) is 4.66. The Bertz CT molecular complexity index is 1150. The maximum Gasteiger partial charge on any atom is 0.310 e. The van der Waals surface area contributed by atoms with Crippen LogP contribution in [0.3, 0.4) is 0 Å². The Morgan fingerprint density at radius 3 is 2.69 bits per heavy atom. The van der Waals surface area contributed by atoms with Gasteiger partial charge < -0.3 is 9.64 Å². The molecule has 2 aromatic carbocycles. The molecule has 1 fully saturated rings. The van der Waals surface area contributed by atoms with Crippen molar-refractivity contribution in [1.82, 2.24) is 14.7 Å². The molecule has 0 saturated carbocycles. The molecule has 32 heavy (non-hydrogen) atoms. The van der Waals surface area contributed by atoms with E-state index in [1.807, 2.05) is 24.3 Å². The van der Waals surface area contributed by atoms with E-state index in [4.69, 9.17) is 27.9 Å². The number of rotatable bonds is 5. The lowest BCUT2D eigenvalue weighted by Crippen LogP contribution is -2.43. The molecule has 0 radical (unpaired) electrons. The lowest BCUT2D eigenvalue weighted by atomic mass is 9.98. The summed E-state index contributed by atoms with van der Waals surface area (Å²) in [6.45, 7) is 2.99.